The van der Waals surface area contributed by atoms with Gasteiger partial charge in [0.05, 0.1) is 0 Å². The number of allylic oxidation sites excluding steroid dienone is 1. The lowest BCUT2D eigenvalue weighted by Gasteiger charge is -1.97. The first-order valence-corrected chi connectivity index (χ1v) is 3.72. The Bertz CT molecular complexity index is 318. The molecule has 0 aliphatic heterocycles. The van der Waals surface area contributed by atoms with E-state index in [1.54, 1.807) is 12.1 Å². The summed E-state index contributed by atoms with van der Waals surface area (Å²) in [4.78, 5) is 9.96. The third-order valence-electron chi connectivity index (χ3n) is 1.35. The minimum atomic E-state index is 0.0700. The Morgan fingerprint density at radius 3 is 2.75 bits per heavy atom. The highest BCUT2D eigenvalue weighted by molar-refractivity contribution is 6.30. The maximum atomic E-state index is 9.96. The molecule has 12 heavy (non-hydrogen) atoms. The second-order valence-corrected chi connectivity index (χ2v) is 2.63. The van der Waals surface area contributed by atoms with Crippen LogP contribution < -0.4 is 0 Å². The molecule has 0 fully saturated rings. The lowest BCUT2D eigenvalue weighted by molar-refractivity contribution is -0.104. The zero-order valence-corrected chi connectivity index (χ0v) is 6.95. The van der Waals surface area contributed by atoms with E-state index < -0.39 is 0 Å². The van der Waals surface area contributed by atoms with Crippen LogP contribution in [-0.4, -0.2) is 11.4 Å². The van der Waals surface area contributed by atoms with Crippen molar-refractivity contribution in [2.75, 3.05) is 0 Å². The molecule has 0 saturated carbocycles. The molecule has 0 aliphatic rings. The van der Waals surface area contributed by atoms with E-state index in [0.717, 1.165) is 0 Å². The smallest absolute Gasteiger partial charge is 0.142 e. The molecule has 1 aromatic carbocycles. The monoisotopic (exact) mass is 182 g/mol. The summed E-state index contributed by atoms with van der Waals surface area (Å²) in [6.07, 6.45) is 3.47. The van der Waals surface area contributed by atoms with Crippen molar-refractivity contribution in [3.05, 3.63) is 34.9 Å². The van der Waals surface area contributed by atoms with Crippen molar-refractivity contribution in [1.29, 1.82) is 0 Å². The quantitative estimate of drug-likeness (QED) is 0.563. The topological polar surface area (TPSA) is 37.3 Å². The van der Waals surface area contributed by atoms with E-state index in [2.05, 4.69) is 0 Å². The maximum Gasteiger partial charge on any atom is 0.142 e. The van der Waals surface area contributed by atoms with Gasteiger partial charge in [-0.05, 0) is 30.4 Å². The highest BCUT2D eigenvalue weighted by Crippen LogP contribution is 2.22. The van der Waals surface area contributed by atoms with Crippen LogP contribution >= 0.6 is 11.6 Å². The molecule has 0 bridgehead atoms. The molecular weight excluding hydrogens is 176 g/mol. The average molecular weight is 183 g/mol. The van der Waals surface area contributed by atoms with Gasteiger partial charge < -0.3 is 5.11 Å². The van der Waals surface area contributed by atoms with Crippen molar-refractivity contribution >= 4 is 24.0 Å². The molecule has 3 heteroatoms. The summed E-state index contributed by atoms with van der Waals surface area (Å²) in [5, 5.41) is 9.73. The number of phenols is 1. The first kappa shape index (κ1) is 8.81. The van der Waals surface area contributed by atoms with Crippen LogP contribution in [0, 0.1) is 0 Å². The molecule has 0 unspecified atom stereocenters. The molecule has 0 aliphatic carbocycles. The Labute approximate surface area is 75.1 Å². The van der Waals surface area contributed by atoms with Crippen LogP contribution in [0.3, 0.4) is 0 Å². The summed E-state index contributed by atoms with van der Waals surface area (Å²) in [6, 6.07) is 4.70. The fourth-order valence-electron chi connectivity index (χ4n) is 0.801. The standard InChI is InChI=1S/C9H7ClO2/c10-8-4-3-7(2-1-5-11)9(12)6-8/h1-6,12H/b2-1+. The number of benzene rings is 1. The summed E-state index contributed by atoms with van der Waals surface area (Å²) in [5.41, 5.74) is 0.575. The third kappa shape index (κ3) is 2.10. The van der Waals surface area contributed by atoms with Crippen molar-refractivity contribution in [3.8, 4) is 5.75 Å². The number of hydrogen-bond acceptors (Lipinski definition) is 2. The Morgan fingerprint density at radius 1 is 1.42 bits per heavy atom. The Morgan fingerprint density at radius 2 is 2.17 bits per heavy atom. The molecule has 0 aromatic heterocycles. The lowest BCUT2D eigenvalue weighted by Crippen LogP contribution is -1.74. The van der Waals surface area contributed by atoms with Crippen molar-refractivity contribution in [3.63, 3.8) is 0 Å². The molecule has 0 saturated heterocycles. The van der Waals surface area contributed by atoms with Crippen LogP contribution in [0.25, 0.3) is 6.08 Å². The van der Waals surface area contributed by atoms with E-state index in [4.69, 9.17) is 11.6 Å². The average Bonchev–Trinajstić information content (AvgIpc) is 2.03. The van der Waals surface area contributed by atoms with E-state index in [1.807, 2.05) is 0 Å². The van der Waals surface area contributed by atoms with Crippen LogP contribution in [-0.2, 0) is 4.79 Å². The molecular formula is C9H7ClO2. The van der Waals surface area contributed by atoms with Gasteiger partial charge in [-0.25, -0.2) is 0 Å². The van der Waals surface area contributed by atoms with Gasteiger partial charge in [0.1, 0.15) is 12.0 Å². The van der Waals surface area contributed by atoms with Gasteiger partial charge in [0.25, 0.3) is 0 Å². The highest BCUT2D eigenvalue weighted by atomic mass is 35.5. The van der Waals surface area contributed by atoms with Crippen LogP contribution in [0.5, 0.6) is 5.75 Å². The summed E-state index contributed by atoms with van der Waals surface area (Å²) in [5.74, 6) is 0.0700. The number of aldehydes is 1. The molecule has 1 rings (SSSR count). The first-order chi connectivity index (χ1) is 5.74. The van der Waals surface area contributed by atoms with Crippen molar-refractivity contribution in [2.24, 2.45) is 0 Å². The maximum absolute atomic E-state index is 9.96. The van der Waals surface area contributed by atoms with E-state index in [1.165, 1.54) is 18.2 Å². The second-order valence-electron chi connectivity index (χ2n) is 2.20. The van der Waals surface area contributed by atoms with Crippen LogP contribution in [0.15, 0.2) is 24.3 Å². The first-order valence-electron chi connectivity index (χ1n) is 3.34. The van der Waals surface area contributed by atoms with Crippen molar-refractivity contribution in [1.82, 2.24) is 0 Å². The van der Waals surface area contributed by atoms with E-state index in [-0.39, 0.29) is 5.75 Å². The fraction of sp³-hybridized carbons (Fsp3) is 0. The van der Waals surface area contributed by atoms with Crippen LogP contribution in [0.4, 0.5) is 0 Å². The van der Waals surface area contributed by atoms with Crippen LogP contribution in [0.1, 0.15) is 5.56 Å². The molecule has 2 nitrogen and oxygen atoms in total. The molecule has 0 amide bonds. The zero-order chi connectivity index (χ0) is 8.97. The summed E-state index contributed by atoms with van der Waals surface area (Å²) in [6.45, 7) is 0. The molecule has 1 N–H and O–H groups in total. The van der Waals surface area contributed by atoms with Crippen molar-refractivity contribution < 1.29 is 9.90 Å². The third-order valence-corrected chi connectivity index (χ3v) is 1.58. The number of carbonyl (C=O) groups is 1. The summed E-state index contributed by atoms with van der Waals surface area (Å²) in [7, 11) is 0. The molecule has 0 radical (unpaired) electrons. The van der Waals surface area contributed by atoms with E-state index in [9.17, 15) is 9.90 Å². The van der Waals surface area contributed by atoms with Gasteiger partial charge in [-0.1, -0.05) is 11.6 Å². The van der Waals surface area contributed by atoms with Gasteiger partial charge in [0.2, 0.25) is 0 Å². The van der Waals surface area contributed by atoms with E-state index in [0.29, 0.717) is 16.9 Å². The Balaban J connectivity index is 3.01. The number of carbonyl (C=O) groups excluding carboxylic acids is 1. The second kappa shape index (κ2) is 3.93. The molecule has 1 aromatic rings. The number of aromatic hydroxyl groups is 1. The summed E-state index contributed by atoms with van der Waals surface area (Å²) < 4.78 is 0. The predicted octanol–water partition coefficient (Wildman–Crippen LogP) is 2.26. The molecule has 0 heterocycles. The van der Waals surface area contributed by atoms with Crippen LogP contribution in [0.2, 0.25) is 5.02 Å². The minimum absolute atomic E-state index is 0.0700. The Hall–Kier alpha value is -1.28. The predicted molar refractivity (Wildman–Crippen MR) is 48.2 cm³/mol. The lowest BCUT2D eigenvalue weighted by atomic mass is 10.2. The summed E-state index contributed by atoms with van der Waals surface area (Å²) >= 11 is 5.60. The van der Waals surface area contributed by atoms with Gasteiger partial charge in [-0.2, -0.15) is 0 Å². The fourth-order valence-corrected chi connectivity index (χ4v) is 0.967. The normalized spacial score (nSPS) is 10.4. The SMILES string of the molecule is O=C/C=C/c1ccc(Cl)cc1O. The largest absolute Gasteiger partial charge is 0.507 e. The van der Waals surface area contributed by atoms with E-state index >= 15 is 0 Å². The number of phenolic OH excluding ortho intramolecular Hbond substituents is 1. The van der Waals surface area contributed by atoms with Gasteiger partial charge >= 0.3 is 0 Å². The number of halogens is 1. The van der Waals surface area contributed by atoms with Gasteiger partial charge in [-0.15, -0.1) is 0 Å². The van der Waals surface area contributed by atoms with Crippen molar-refractivity contribution in [2.45, 2.75) is 0 Å². The highest BCUT2D eigenvalue weighted by Gasteiger charge is 1.96. The molecule has 0 spiro atoms. The molecule has 62 valence electrons. The number of rotatable bonds is 2. The van der Waals surface area contributed by atoms with Gasteiger partial charge in [-0.3, -0.25) is 4.79 Å². The Kier molecular flexibility index (Phi) is 2.88. The minimum Gasteiger partial charge on any atom is -0.507 e. The molecule has 0 atom stereocenters. The zero-order valence-electron chi connectivity index (χ0n) is 6.20. The van der Waals surface area contributed by atoms with Gasteiger partial charge in [0.15, 0.2) is 0 Å². The van der Waals surface area contributed by atoms with Gasteiger partial charge in [0, 0.05) is 10.6 Å². The number of hydrogen-bond donors (Lipinski definition) is 1.